The number of carbonyl (C=O) groups is 1. The second-order valence-corrected chi connectivity index (χ2v) is 9.86. The molecular weight excluding hydrogens is 366 g/mol. The predicted octanol–water partition coefficient (Wildman–Crippen LogP) is 3.85. The number of aliphatic hydroxyl groups is 1. The van der Waals surface area contributed by atoms with E-state index in [9.17, 15) is 9.90 Å². The summed E-state index contributed by atoms with van der Waals surface area (Å²) in [5.74, 6) is 0.180. The van der Waals surface area contributed by atoms with Gasteiger partial charge in [0, 0.05) is 30.0 Å². The molecule has 5 rings (SSSR count). The lowest BCUT2D eigenvalue weighted by molar-refractivity contribution is -0.156. The van der Waals surface area contributed by atoms with Gasteiger partial charge in [-0.25, -0.2) is 9.78 Å². The maximum Gasteiger partial charge on any atom is 0.410 e. The van der Waals surface area contributed by atoms with Gasteiger partial charge in [0.1, 0.15) is 5.60 Å². The first-order chi connectivity index (χ1) is 13.8. The third-order valence-corrected chi connectivity index (χ3v) is 7.01. The second-order valence-electron chi connectivity index (χ2n) is 9.86. The maximum absolute atomic E-state index is 12.4. The molecule has 3 atom stereocenters. The molecule has 1 aliphatic carbocycles. The van der Waals surface area contributed by atoms with Crippen molar-refractivity contribution in [3.05, 3.63) is 42.4 Å². The summed E-state index contributed by atoms with van der Waals surface area (Å²) < 4.78 is 7.73. The Morgan fingerprint density at radius 3 is 2.66 bits per heavy atom. The van der Waals surface area contributed by atoms with Gasteiger partial charge in [0.25, 0.3) is 0 Å². The molecule has 1 N–H and O–H groups in total. The van der Waals surface area contributed by atoms with Crippen LogP contribution in [-0.2, 0) is 4.74 Å². The summed E-state index contributed by atoms with van der Waals surface area (Å²) in [5, 5.41) is 11.3. The van der Waals surface area contributed by atoms with E-state index in [2.05, 4.69) is 33.8 Å². The van der Waals surface area contributed by atoms with Crippen LogP contribution in [0.2, 0.25) is 0 Å². The predicted molar refractivity (Wildman–Crippen MR) is 109 cm³/mol. The standard InChI is InChI=1S/C23H29N3O3/c1-22(2,3)29-21(28)25-10-8-23(9-11-25)12-17(20(23)27)19-16-7-5-4-6-15(16)18-13-24-14-26(18)19/h4-7,13-14,17,19-20,27H,8-12H2,1-3H3/t17-,19+,20+/m0/s1. The summed E-state index contributed by atoms with van der Waals surface area (Å²) in [6, 6.07) is 8.60. The number of aromatic nitrogens is 2. The fraction of sp³-hybridized carbons (Fsp3) is 0.565. The van der Waals surface area contributed by atoms with Crippen LogP contribution in [0, 0.1) is 11.3 Å². The van der Waals surface area contributed by atoms with Crippen molar-refractivity contribution >= 4 is 6.09 Å². The highest BCUT2D eigenvalue weighted by molar-refractivity contribution is 5.69. The van der Waals surface area contributed by atoms with E-state index in [1.165, 1.54) is 11.1 Å². The molecule has 0 radical (unpaired) electrons. The van der Waals surface area contributed by atoms with Crippen LogP contribution in [0.25, 0.3) is 11.3 Å². The molecular formula is C23H29N3O3. The average Bonchev–Trinajstić information content (AvgIpc) is 3.26. The van der Waals surface area contributed by atoms with Gasteiger partial charge >= 0.3 is 6.09 Å². The van der Waals surface area contributed by atoms with Gasteiger partial charge in [-0.15, -0.1) is 0 Å². The molecule has 154 valence electrons. The van der Waals surface area contributed by atoms with E-state index in [1.54, 1.807) is 4.90 Å². The number of likely N-dealkylation sites (tertiary alicyclic amines) is 1. The molecule has 3 heterocycles. The molecule has 29 heavy (non-hydrogen) atoms. The molecule has 1 saturated carbocycles. The molecule has 2 aliphatic heterocycles. The molecule has 2 aromatic rings. The Kier molecular flexibility index (Phi) is 4.07. The third kappa shape index (κ3) is 2.88. The van der Waals surface area contributed by atoms with Crippen LogP contribution < -0.4 is 0 Å². The number of imidazole rings is 1. The van der Waals surface area contributed by atoms with E-state index < -0.39 is 5.60 Å². The van der Waals surface area contributed by atoms with Crippen molar-refractivity contribution < 1.29 is 14.6 Å². The highest BCUT2D eigenvalue weighted by Gasteiger charge is 2.58. The van der Waals surface area contributed by atoms with Gasteiger partial charge < -0.3 is 19.3 Å². The maximum atomic E-state index is 12.4. The minimum Gasteiger partial charge on any atom is -0.444 e. The third-order valence-electron chi connectivity index (χ3n) is 7.01. The van der Waals surface area contributed by atoms with Crippen molar-refractivity contribution in [3.8, 4) is 11.3 Å². The lowest BCUT2D eigenvalue weighted by Gasteiger charge is -2.57. The largest absolute Gasteiger partial charge is 0.444 e. The fourth-order valence-electron chi connectivity index (χ4n) is 5.55. The van der Waals surface area contributed by atoms with E-state index in [1.807, 2.05) is 33.3 Å². The first-order valence-corrected chi connectivity index (χ1v) is 10.6. The van der Waals surface area contributed by atoms with Gasteiger partial charge in [-0.05, 0) is 45.6 Å². The summed E-state index contributed by atoms with van der Waals surface area (Å²) in [4.78, 5) is 18.5. The smallest absolute Gasteiger partial charge is 0.410 e. The highest BCUT2D eigenvalue weighted by atomic mass is 16.6. The normalized spacial score (nSPS) is 27.3. The molecule has 6 nitrogen and oxygen atoms in total. The molecule has 1 aromatic carbocycles. The zero-order chi connectivity index (χ0) is 20.4. The van der Waals surface area contributed by atoms with Gasteiger partial charge in [0.15, 0.2) is 0 Å². The Labute approximate surface area is 171 Å². The molecule has 1 saturated heterocycles. The Hall–Kier alpha value is -2.34. The number of amides is 1. The van der Waals surface area contributed by atoms with E-state index in [-0.39, 0.29) is 29.6 Å². The van der Waals surface area contributed by atoms with E-state index in [4.69, 9.17) is 4.74 Å². The number of fused-ring (bicyclic) bond motifs is 3. The Bertz CT molecular complexity index is 937. The lowest BCUT2D eigenvalue weighted by atomic mass is 9.53. The number of nitrogens with zero attached hydrogens (tertiary/aromatic N) is 3. The molecule has 6 heteroatoms. The molecule has 0 bridgehead atoms. The van der Waals surface area contributed by atoms with Gasteiger partial charge in [-0.1, -0.05) is 24.3 Å². The first-order valence-electron chi connectivity index (χ1n) is 10.6. The van der Waals surface area contributed by atoms with Crippen LogP contribution in [0.15, 0.2) is 36.8 Å². The van der Waals surface area contributed by atoms with E-state index >= 15 is 0 Å². The number of rotatable bonds is 1. The van der Waals surface area contributed by atoms with Crippen LogP contribution in [0.3, 0.4) is 0 Å². The molecule has 2 fully saturated rings. The summed E-state index contributed by atoms with van der Waals surface area (Å²) in [6.45, 7) is 6.97. The van der Waals surface area contributed by atoms with Crippen LogP contribution in [0.4, 0.5) is 4.79 Å². The number of carbonyl (C=O) groups excluding carboxylic acids is 1. The van der Waals surface area contributed by atoms with Crippen molar-refractivity contribution in [2.75, 3.05) is 13.1 Å². The van der Waals surface area contributed by atoms with E-state index in [0.717, 1.165) is 25.0 Å². The highest BCUT2D eigenvalue weighted by Crippen LogP contribution is 2.59. The van der Waals surface area contributed by atoms with Crippen molar-refractivity contribution in [2.24, 2.45) is 11.3 Å². The second kappa shape index (κ2) is 6.33. The SMILES string of the molecule is CC(C)(C)OC(=O)N1CCC2(CC1)C[C@@H]([C@H]1c3ccccc3-c3cncn31)[C@H]2O. The minimum atomic E-state index is -0.480. The summed E-state index contributed by atoms with van der Waals surface area (Å²) in [5.41, 5.74) is 3.09. The summed E-state index contributed by atoms with van der Waals surface area (Å²) >= 11 is 0. The number of hydrogen-bond donors (Lipinski definition) is 1. The number of aliphatic hydroxyl groups excluding tert-OH is 1. The zero-order valence-corrected chi connectivity index (χ0v) is 17.3. The quantitative estimate of drug-likeness (QED) is 0.796. The minimum absolute atomic E-state index is 0.0819. The number of ether oxygens (including phenoxy) is 1. The Morgan fingerprint density at radius 2 is 1.97 bits per heavy atom. The first kappa shape index (κ1) is 18.7. The number of benzene rings is 1. The monoisotopic (exact) mass is 395 g/mol. The molecule has 1 spiro atoms. The number of hydrogen-bond acceptors (Lipinski definition) is 4. The van der Waals surface area contributed by atoms with Crippen LogP contribution in [-0.4, -0.2) is 50.4 Å². The van der Waals surface area contributed by atoms with Crippen molar-refractivity contribution in [1.29, 1.82) is 0 Å². The Balaban J connectivity index is 1.30. The fourth-order valence-corrected chi connectivity index (χ4v) is 5.55. The average molecular weight is 396 g/mol. The Morgan fingerprint density at radius 1 is 1.24 bits per heavy atom. The van der Waals surface area contributed by atoms with Crippen molar-refractivity contribution in [1.82, 2.24) is 14.5 Å². The van der Waals surface area contributed by atoms with Gasteiger partial charge in [0.2, 0.25) is 0 Å². The molecule has 1 aromatic heterocycles. The topological polar surface area (TPSA) is 67.6 Å². The zero-order valence-electron chi connectivity index (χ0n) is 17.3. The summed E-state index contributed by atoms with van der Waals surface area (Å²) in [7, 11) is 0. The van der Waals surface area contributed by atoms with E-state index in [0.29, 0.717) is 13.1 Å². The molecule has 0 unspecified atom stereocenters. The number of piperidine rings is 1. The molecule has 1 amide bonds. The van der Waals surface area contributed by atoms with Gasteiger partial charge in [-0.3, -0.25) is 0 Å². The summed E-state index contributed by atoms with van der Waals surface area (Å²) in [6.07, 6.45) is 5.83. The van der Waals surface area contributed by atoms with Crippen molar-refractivity contribution in [3.63, 3.8) is 0 Å². The molecule has 3 aliphatic rings. The van der Waals surface area contributed by atoms with Crippen LogP contribution >= 0.6 is 0 Å². The van der Waals surface area contributed by atoms with Crippen LogP contribution in [0.1, 0.15) is 51.6 Å². The lowest BCUT2D eigenvalue weighted by Crippen LogP contribution is -2.60. The van der Waals surface area contributed by atoms with Gasteiger partial charge in [0.05, 0.1) is 30.4 Å². The van der Waals surface area contributed by atoms with Crippen LogP contribution in [0.5, 0.6) is 0 Å². The van der Waals surface area contributed by atoms with Gasteiger partial charge in [-0.2, -0.15) is 0 Å². The van der Waals surface area contributed by atoms with Crippen molar-refractivity contribution in [2.45, 2.75) is 57.8 Å².